The maximum absolute atomic E-state index is 11.7. The van der Waals surface area contributed by atoms with Crippen LogP contribution in [0.15, 0.2) is 35.9 Å². The van der Waals surface area contributed by atoms with Gasteiger partial charge >= 0.3 is 0 Å². The Hall–Kier alpha value is -1.52. The number of hydrogen-bond acceptors (Lipinski definition) is 3. The van der Waals surface area contributed by atoms with E-state index in [1.807, 2.05) is 18.2 Å². The van der Waals surface area contributed by atoms with Crippen molar-refractivity contribution in [3.8, 4) is 5.75 Å². The summed E-state index contributed by atoms with van der Waals surface area (Å²) in [6.45, 7) is 3.04. The van der Waals surface area contributed by atoms with Crippen molar-refractivity contribution in [2.24, 2.45) is 0 Å². The predicted octanol–water partition coefficient (Wildman–Crippen LogP) is 2.53. The van der Waals surface area contributed by atoms with Gasteiger partial charge in [0.2, 0.25) is 5.91 Å². The molecule has 114 valence electrons. The van der Waals surface area contributed by atoms with Crippen LogP contribution in [0.25, 0.3) is 0 Å². The molecule has 2 rings (SSSR count). The van der Waals surface area contributed by atoms with Crippen molar-refractivity contribution >= 4 is 17.5 Å². The van der Waals surface area contributed by atoms with Gasteiger partial charge in [-0.25, -0.2) is 0 Å². The summed E-state index contributed by atoms with van der Waals surface area (Å²) >= 11 is 5.99. The number of halogens is 1. The molecule has 0 bridgehead atoms. The van der Waals surface area contributed by atoms with Crippen LogP contribution < -0.4 is 15.4 Å². The summed E-state index contributed by atoms with van der Waals surface area (Å²) in [5.41, 5.74) is 1.30. The summed E-state index contributed by atoms with van der Waals surface area (Å²) in [7, 11) is 0. The fourth-order valence-electron chi connectivity index (χ4n) is 2.11. The van der Waals surface area contributed by atoms with Gasteiger partial charge in [0.15, 0.2) is 0 Å². The fourth-order valence-corrected chi connectivity index (χ4v) is 2.30. The molecule has 21 heavy (non-hydrogen) atoms. The van der Waals surface area contributed by atoms with Crippen LogP contribution in [0.3, 0.4) is 0 Å². The van der Waals surface area contributed by atoms with Crippen LogP contribution >= 0.6 is 11.6 Å². The molecule has 0 aliphatic carbocycles. The fraction of sp³-hybridized carbons (Fsp3) is 0.438. The first-order chi connectivity index (χ1) is 10.3. The normalized spacial score (nSPS) is 14.4. The Morgan fingerprint density at radius 1 is 1.38 bits per heavy atom. The highest BCUT2D eigenvalue weighted by atomic mass is 35.5. The molecule has 1 aliphatic heterocycles. The van der Waals surface area contributed by atoms with Crippen molar-refractivity contribution in [3.63, 3.8) is 0 Å². The SMILES string of the molecule is O=C(CCCOc1ccccc1Cl)NCC1=CCNCC1. The first-order valence-electron chi connectivity index (χ1n) is 7.28. The third-order valence-electron chi connectivity index (χ3n) is 3.31. The molecule has 4 nitrogen and oxygen atoms in total. The van der Waals surface area contributed by atoms with Crippen molar-refractivity contribution in [1.29, 1.82) is 0 Å². The van der Waals surface area contributed by atoms with E-state index < -0.39 is 0 Å². The Bertz CT molecular complexity index is 503. The van der Waals surface area contributed by atoms with Gasteiger partial charge in [0.1, 0.15) is 5.75 Å². The molecular formula is C16H21ClN2O2. The lowest BCUT2D eigenvalue weighted by molar-refractivity contribution is -0.121. The number of nitrogens with one attached hydrogen (secondary N) is 2. The highest BCUT2D eigenvalue weighted by Crippen LogP contribution is 2.23. The summed E-state index contributed by atoms with van der Waals surface area (Å²) in [6.07, 6.45) is 4.30. The number of hydrogen-bond donors (Lipinski definition) is 2. The first-order valence-corrected chi connectivity index (χ1v) is 7.66. The lowest BCUT2D eigenvalue weighted by atomic mass is 10.1. The van der Waals surface area contributed by atoms with E-state index in [1.54, 1.807) is 6.07 Å². The summed E-state index contributed by atoms with van der Waals surface area (Å²) < 4.78 is 5.55. The molecule has 0 saturated carbocycles. The van der Waals surface area contributed by atoms with Gasteiger partial charge in [-0.15, -0.1) is 0 Å². The summed E-state index contributed by atoms with van der Waals surface area (Å²) in [4.78, 5) is 11.7. The third kappa shape index (κ3) is 5.78. The number of para-hydroxylation sites is 1. The van der Waals surface area contributed by atoms with Gasteiger partial charge in [-0.05, 0) is 31.5 Å². The van der Waals surface area contributed by atoms with E-state index in [-0.39, 0.29) is 5.91 Å². The molecule has 0 atom stereocenters. The average Bonchev–Trinajstić information content (AvgIpc) is 2.52. The third-order valence-corrected chi connectivity index (χ3v) is 3.63. The van der Waals surface area contributed by atoms with Gasteiger partial charge in [0.05, 0.1) is 11.6 Å². The zero-order valence-corrected chi connectivity index (χ0v) is 12.8. The van der Waals surface area contributed by atoms with Gasteiger partial charge in [-0.1, -0.05) is 35.4 Å². The zero-order chi connectivity index (χ0) is 14.9. The summed E-state index contributed by atoms with van der Waals surface area (Å²) in [5, 5.41) is 6.79. The van der Waals surface area contributed by atoms with E-state index in [2.05, 4.69) is 16.7 Å². The van der Waals surface area contributed by atoms with E-state index in [0.717, 1.165) is 19.5 Å². The zero-order valence-electron chi connectivity index (χ0n) is 12.0. The quantitative estimate of drug-likeness (QED) is 0.601. The Morgan fingerprint density at radius 2 is 2.24 bits per heavy atom. The topological polar surface area (TPSA) is 50.4 Å². The maximum atomic E-state index is 11.7. The number of amides is 1. The molecule has 1 aliphatic rings. The van der Waals surface area contributed by atoms with Crippen molar-refractivity contribution in [3.05, 3.63) is 40.9 Å². The van der Waals surface area contributed by atoms with Crippen LogP contribution in [0.4, 0.5) is 0 Å². The molecule has 5 heteroatoms. The van der Waals surface area contributed by atoms with Crippen molar-refractivity contribution in [1.82, 2.24) is 10.6 Å². The van der Waals surface area contributed by atoms with Crippen LogP contribution in [-0.4, -0.2) is 32.1 Å². The second-order valence-electron chi connectivity index (χ2n) is 4.98. The number of ether oxygens (including phenoxy) is 1. The molecular weight excluding hydrogens is 288 g/mol. The lowest BCUT2D eigenvalue weighted by Crippen LogP contribution is -2.29. The molecule has 1 amide bonds. The van der Waals surface area contributed by atoms with E-state index in [9.17, 15) is 4.79 Å². The Morgan fingerprint density at radius 3 is 3.00 bits per heavy atom. The monoisotopic (exact) mass is 308 g/mol. The van der Waals surface area contributed by atoms with Crippen LogP contribution in [0.5, 0.6) is 5.75 Å². The molecule has 0 unspecified atom stereocenters. The van der Waals surface area contributed by atoms with Crippen LogP contribution in [-0.2, 0) is 4.79 Å². The number of carbonyl (C=O) groups is 1. The van der Waals surface area contributed by atoms with Gasteiger partial charge < -0.3 is 15.4 Å². The van der Waals surface area contributed by atoms with E-state index in [4.69, 9.17) is 16.3 Å². The van der Waals surface area contributed by atoms with Crippen molar-refractivity contribution in [2.75, 3.05) is 26.2 Å². The number of benzene rings is 1. The van der Waals surface area contributed by atoms with Crippen LogP contribution in [0.1, 0.15) is 19.3 Å². The molecule has 2 N–H and O–H groups in total. The molecule has 1 aromatic rings. The summed E-state index contributed by atoms with van der Waals surface area (Å²) in [6, 6.07) is 7.35. The Balaban J connectivity index is 1.59. The molecule has 0 fully saturated rings. The Kier molecular flexibility index (Phi) is 6.57. The standard InChI is InChI=1S/C16H21ClN2O2/c17-14-4-1-2-5-15(14)21-11-3-6-16(20)19-12-13-7-9-18-10-8-13/h1-2,4-5,7,18H,3,6,8-12H2,(H,19,20). The summed E-state index contributed by atoms with van der Waals surface area (Å²) in [5.74, 6) is 0.733. The minimum atomic E-state index is 0.0668. The number of rotatable bonds is 7. The molecule has 1 heterocycles. The average molecular weight is 309 g/mol. The molecule has 0 aromatic heterocycles. The van der Waals surface area contributed by atoms with E-state index >= 15 is 0 Å². The minimum Gasteiger partial charge on any atom is -0.492 e. The largest absolute Gasteiger partial charge is 0.492 e. The van der Waals surface area contributed by atoms with Crippen LogP contribution in [0.2, 0.25) is 5.02 Å². The van der Waals surface area contributed by atoms with E-state index in [1.165, 1.54) is 5.57 Å². The van der Waals surface area contributed by atoms with Gasteiger partial charge in [0, 0.05) is 19.5 Å². The van der Waals surface area contributed by atoms with Crippen molar-refractivity contribution in [2.45, 2.75) is 19.3 Å². The highest BCUT2D eigenvalue weighted by Gasteiger charge is 2.06. The lowest BCUT2D eigenvalue weighted by Gasteiger charge is -2.14. The minimum absolute atomic E-state index is 0.0668. The van der Waals surface area contributed by atoms with Gasteiger partial charge in [0.25, 0.3) is 0 Å². The van der Waals surface area contributed by atoms with Gasteiger partial charge in [-0.2, -0.15) is 0 Å². The maximum Gasteiger partial charge on any atom is 0.220 e. The van der Waals surface area contributed by atoms with E-state index in [0.29, 0.717) is 36.8 Å². The molecule has 0 saturated heterocycles. The first kappa shape index (κ1) is 15.9. The molecule has 1 aromatic carbocycles. The second kappa shape index (κ2) is 8.70. The van der Waals surface area contributed by atoms with Crippen LogP contribution in [0, 0.1) is 0 Å². The molecule has 0 radical (unpaired) electrons. The second-order valence-corrected chi connectivity index (χ2v) is 5.38. The van der Waals surface area contributed by atoms with Gasteiger partial charge in [-0.3, -0.25) is 4.79 Å². The number of carbonyl (C=O) groups excluding carboxylic acids is 1. The molecule has 0 spiro atoms. The smallest absolute Gasteiger partial charge is 0.220 e. The van der Waals surface area contributed by atoms with Crippen molar-refractivity contribution < 1.29 is 9.53 Å². The highest BCUT2D eigenvalue weighted by molar-refractivity contribution is 6.32. The Labute approximate surface area is 130 Å². The predicted molar refractivity (Wildman–Crippen MR) is 84.8 cm³/mol.